The standard InChI is InChI=1S/C14H16BrClFNO/c15-12-4-2-1-3-9(12)8-18-14(19)11-6-5-10(17)7-13(11)16/h5-7,9,12H,1-4,8H2,(H,18,19). The van der Waals surface area contributed by atoms with Crippen LogP contribution in [0.2, 0.25) is 5.02 Å². The van der Waals surface area contributed by atoms with Gasteiger partial charge in [-0.3, -0.25) is 4.79 Å². The molecule has 1 aromatic rings. The van der Waals surface area contributed by atoms with E-state index in [0.717, 1.165) is 18.9 Å². The number of carbonyl (C=O) groups excluding carboxylic acids is 1. The summed E-state index contributed by atoms with van der Waals surface area (Å²) in [6.07, 6.45) is 4.72. The summed E-state index contributed by atoms with van der Waals surface area (Å²) in [6.45, 7) is 0.627. The number of hydrogen-bond donors (Lipinski definition) is 1. The molecule has 0 bridgehead atoms. The Kier molecular flexibility index (Phi) is 5.22. The predicted octanol–water partition coefficient (Wildman–Crippen LogP) is 4.16. The molecule has 1 N–H and O–H groups in total. The largest absolute Gasteiger partial charge is 0.352 e. The summed E-state index contributed by atoms with van der Waals surface area (Å²) >= 11 is 9.52. The zero-order valence-electron chi connectivity index (χ0n) is 10.5. The molecule has 1 aliphatic carbocycles. The molecule has 104 valence electrons. The smallest absolute Gasteiger partial charge is 0.252 e. The number of alkyl halides is 1. The molecule has 1 amide bonds. The molecule has 2 rings (SSSR count). The van der Waals surface area contributed by atoms with Crippen molar-refractivity contribution < 1.29 is 9.18 Å². The van der Waals surface area contributed by atoms with E-state index in [1.165, 1.54) is 25.0 Å². The predicted molar refractivity (Wildman–Crippen MR) is 78.4 cm³/mol. The van der Waals surface area contributed by atoms with Gasteiger partial charge >= 0.3 is 0 Å². The Hall–Kier alpha value is -0.610. The van der Waals surface area contributed by atoms with Crippen LogP contribution in [0.25, 0.3) is 0 Å². The summed E-state index contributed by atoms with van der Waals surface area (Å²) in [5, 5.41) is 3.03. The van der Waals surface area contributed by atoms with Crippen molar-refractivity contribution in [2.24, 2.45) is 5.92 Å². The first-order valence-corrected chi connectivity index (χ1v) is 7.74. The quantitative estimate of drug-likeness (QED) is 0.816. The summed E-state index contributed by atoms with van der Waals surface area (Å²) in [7, 11) is 0. The molecule has 2 nitrogen and oxygen atoms in total. The Labute approximate surface area is 125 Å². The maximum Gasteiger partial charge on any atom is 0.252 e. The highest BCUT2D eigenvalue weighted by Gasteiger charge is 2.23. The monoisotopic (exact) mass is 347 g/mol. The van der Waals surface area contributed by atoms with Gasteiger partial charge in [-0.05, 0) is 37.0 Å². The Morgan fingerprint density at radius 1 is 1.42 bits per heavy atom. The van der Waals surface area contributed by atoms with Crippen molar-refractivity contribution in [1.82, 2.24) is 5.32 Å². The second-order valence-corrected chi connectivity index (χ2v) is 6.48. The van der Waals surface area contributed by atoms with Crippen molar-refractivity contribution in [2.75, 3.05) is 6.54 Å². The van der Waals surface area contributed by atoms with Crippen LogP contribution in [0.4, 0.5) is 4.39 Å². The molecule has 0 saturated heterocycles. The second-order valence-electron chi connectivity index (χ2n) is 4.89. The number of carbonyl (C=O) groups is 1. The van der Waals surface area contributed by atoms with Crippen LogP contribution < -0.4 is 5.32 Å². The highest BCUT2D eigenvalue weighted by atomic mass is 79.9. The lowest BCUT2D eigenvalue weighted by molar-refractivity contribution is 0.0944. The van der Waals surface area contributed by atoms with Gasteiger partial charge in [-0.2, -0.15) is 0 Å². The van der Waals surface area contributed by atoms with E-state index in [9.17, 15) is 9.18 Å². The van der Waals surface area contributed by atoms with Crippen LogP contribution in [0.15, 0.2) is 18.2 Å². The minimum Gasteiger partial charge on any atom is -0.352 e. The van der Waals surface area contributed by atoms with Gasteiger partial charge in [0.1, 0.15) is 5.82 Å². The summed E-state index contributed by atoms with van der Waals surface area (Å²) in [5.41, 5.74) is 0.324. The highest BCUT2D eigenvalue weighted by molar-refractivity contribution is 9.09. The molecule has 0 aliphatic heterocycles. The number of nitrogens with one attached hydrogen (secondary N) is 1. The van der Waals surface area contributed by atoms with E-state index in [2.05, 4.69) is 21.2 Å². The lowest BCUT2D eigenvalue weighted by atomic mass is 9.89. The van der Waals surface area contributed by atoms with E-state index in [1.54, 1.807) is 0 Å². The molecule has 1 saturated carbocycles. The van der Waals surface area contributed by atoms with Crippen LogP contribution in [0, 0.1) is 11.7 Å². The fourth-order valence-electron chi connectivity index (χ4n) is 2.38. The number of rotatable bonds is 3. The van der Waals surface area contributed by atoms with Crippen LogP contribution in [0.1, 0.15) is 36.0 Å². The van der Waals surface area contributed by atoms with E-state index in [1.807, 2.05) is 0 Å². The van der Waals surface area contributed by atoms with E-state index in [4.69, 9.17) is 11.6 Å². The van der Waals surface area contributed by atoms with Crippen molar-refractivity contribution >= 4 is 33.4 Å². The summed E-state index contributed by atoms with van der Waals surface area (Å²) < 4.78 is 12.9. The zero-order chi connectivity index (χ0) is 13.8. The molecular weight excluding hydrogens is 333 g/mol. The Balaban J connectivity index is 1.93. The van der Waals surface area contributed by atoms with Gasteiger partial charge in [0.05, 0.1) is 10.6 Å². The average Bonchev–Trinajstić information content (AvgIpc) is 2.37. The minimum atomic E-state index is -0.436. The maximum absolute atomic E-state index is 12.9. The third-order valence-electron chi connectivity index (χ3n) is 3.52. The first kappa shape index (κ1) is 14.8. The summed E-state index contributed by atoms with van der Waals surface area (Å²) in [6, 6.07) is 3.82. The molecule has 1 fully saturated rings. The van der Waals surface area contributed by atoms with Gasteiger partial charge in [-0.25, -0.2) is 4.39 Å². The third kappa shape index (κ3) is 3.93. The fraction of sp³-hybridized carbons (Fsp3) is 0.500. The lowest BCUT2D eigenvalue weighted by Gasteiger charge is -2.27. The zero-order valence-corrected chi connectivity index (χ0v) is 12.8. The molecular formula is C14H16BrClFNO. The molecule has 0 aromatic heterocycles. The average molecular weight is 349 g/mol. The topological polar surface area (TPSA) is 29.1 Å². The molecule has 19 heavy (non-hydrogen) atoms. The van der Waals surface area contributed by atoms with Gasteiger partial charge < -0.3 is 5.32 Å². The van der Waals surface area contributed by atoms with E-state index in [0.29, 0.717) is 22.9 Å². The van der Waals surface area contributed by atoms with E-state index in [-0.39, 0.29) is 10.9 Å². The van der Waals surface area contributed by atoms with Crippen molar-refractivity contribution in [3.8, 4) is 0 Å². The second kappa shape index (κ2) is 6.71. The van der Waals surface area contributed by atoms with Gasteiger partial charge in [0, 0.05) is 11.4 Å². The lowest BCUT2D eigenvalue weighted by Crippen LogP contribution is -2.34. The molecule has 1 aromatic carbocycles. The SMILES string of the molecule is O=C(NCC1CCCCC1Br)c1ccc(F)cc1Cl. The van der Waals surface area contributed by atoms with Gasteiger partial charge in [-0.15, -0.1) is 0 Å². The van der Waals surface area contributed by atoms with Crippen molar-refractivity contribution in [2.45, 2.75) is 30.5 Å². The Morgan fingerprint density at radius 3 is 2.84 bits per heavy atom. The number of halogens is 3. The normalized spacial score (nSPS) is 23.1. The Morgan fingerprint density at radius 2 is 2.16 bits per heavy atom. The van der Waals surface area contributed by atoms with Gasteiger partial charge in [0.25, 0.3) is 5.91 Å². The first-order valence-electron chi connectivity index (χ1n) is 6.45. The van der Waals surface area contributed by atoms with Crippen LogP contribution >= 0.6 is 27.5 Å². The summed E-state index contributed by atoms with van der Waals surface area (Å²) in [4.78, 5) is 12.5. The molecule has 2 unspecified atom stereocenters. The van der Waals surface area contributed by atoms with Crippen molar-refractivity contribution in [1.29, 1.82) is 0 Å². The molecule has 0 heterocycles. The molecule has 2 atom stereocenters. The summed E-state index contributed by atoms with van der Waals surface area (Å²) in [5.74, 6) is -0.221. The van der Waals surface area contributed by atoms with Gasteiger partial charge in [0.15, 0.2) is 0 Å². The fourth-order valence-corrected chi connectivity index (χ4v) is 3.41. The molecule has 1 aliphatic rings. The van der Waals surface area contributed by atoms with Crippen LogP contribution in [0.3, 0.4) is 0 Å². The van der Waals surface area contributed by atoms with Crippen molar-refractivity contribution in [3.63, 3.8) is 0 Å². The molecule has 0 spiro atoms. The van der Waals surface area contributed by atoms with Crippen LogP contribution in [-0.2, 0) is 0 Å². The molecule has 0 radical (unpaired) electrons. The minimum absolute atomic E-state index is 0.150. The maximum atomic E-state index is 12.9. The van der Waals surface area contributed by atoms with E-state index >= 15 is 0 Å². The van der Waals surface area contributed by atoms with Gasteiger partial charge in [-0.1, -0.05) is 40.4 Å². The van der Waals surface area contributed by atoms with E-state index < -0.39 is 5.82 Å². The third-order valence-corrected chi connectivity index (χ3v) is 5.04. The molecule has 5 heteroatoms. The highest BCUT2D eigenvalue weighted by Crippen LogP contribution is 2.29. The van der Waals surface area contributed by atoms with Crippen molar-refractivity contribution in [3.05, 3.63) is 34.6 Å². The number of amides is 1. The number of benzene rings is 1. The van der Waals surface area contributed by atoms with Crippen LogP contribution in [0.5, 0.6) is 0 Å². The Bertz CT molecular complexity index is 469. The van der Waals surface area contributed by atoms with Gasteiger partial charge in [0.2, 0.25) is 0 Å². The van der Waals surface area contributed by atoms with Crippen LogP contribution in [-0.4, -0.2) is 17.3 Å². The number of hydrogen-bond acceptors (Lipinski definition) is 1. The first-order chi connectivity index (χ1) is 9.08.